The third-order valence-electron chi connectivity index (χ3n) is 3.55. The van der Waals surface area contributed by atoms with Crippen LogP contribution in [0.5, 0.6) is 0 Å². The van der Waals surface area contributed by atoms with Crippen molar-refractivity contribution in [2.75, 3.05) is 6.54 Å². The summed E-state index contributed by atoms with van der Waals surface area (Å²) in [7, 11) is 0. The summed E-state index contributed by atoms with van der Waals surface area (Å²) in [5, 5.41) is 13.6. The standard InChI is InChI=1S/C16H28N4O6/c1-5-18-14(24)10(3)19-15(25)11(4)20(16(26)9(2)17)12(21)7-6-8-13(22)23/h9-11H,5-8,17H2,1-4H3,(H,18,24)(H,19,25)(H,22,23)/t9-,10-,11-/m0/s1. The van der Waals surface area contributed by atoms with Gasteiger partial charge in [-0.2, -0.15) is 0 Å². The number of nitrogens with two attached hydrogens (primary N) is 1. The van der Waals surface area contributed by atoms with E-state index in [0.29, 0.717) is 6.54 Å². The van der Waals surface area contributed by atoms with Crippen LogP contribution in [0.15, 0.2) is 0 Å². The van der Waals surface area contributed by atoms with Gasteiger partial charge in [0.1, 0.15) is 12.1 Å². The Hall–Kier alpha value is -2.49. The molecule has 0 rings (SSSR count). The van der Waals surface area contributed by atoms with E-state index in [4.69, 9.17) is 10.8 Å². The molecule has 0 aliphatic carbocycles. The van der Waals surface area contributed by atoms with Gasteiger partial charge in [0.05, 0.1) is 6.04 Å². The van der Waals surface area contributed by atoms with Crippen LogP contribution in [0.2, 0.25) is 0 Å². The van der Waals surface area contributed by atoms with E-state index in [1.807, 2.05) is 0 Å². The summed E-state index contributed by atoms with van der Waals surface area (Å²) >= 11 is 0. The number of carboxylic acid groups (broad SMARTS) is 1. The normalized spacial score (nSPS) is 13.9. The molecule has 0 aromatic carbocycles. The third kappa shape index (κ3) is 7.60. The molecule has 0 aromatic rings. The van der Waals surface area contributed by atoms with E-state index in [-0.39, 0.29) is 19.3 Å². The lowest BCUT2D eigenvalue weighted by molar-refractivity contribution is -0.152. The Morgan fingerprint density at radius 2 is 1.62 bits per heavy atom. The lowest BCUT2D eigenvalue weighted by atomic mass is 10.1. The van der Waals surface area contributed by atoms with Gasteiger partial charge in [-0.05, 0) is 34.1 Å². The SMILES string of the molecule is CCNC(=O)[C@H](C)NC(=O)[C@H](C)N(C(=O)CCCC(=O)O)C(=O)[C@H](C)N. The molecule has 148 valence electrons. The van der Waals surface area contributed by atoms with Crippen molar-refractivity contribution in [1.29, 1.82) is 0 Å². The van der Waals surface area contributed by atoms with Gasteiger partial charge in [-0.15, -0.1) is 0 Å². The maximum atomic E-state index is 12.3. The molecule has 10 heteroatoms. The Morgan fingerprint density at radius 3 is 2.08 bits per heavy atom. The average Bonchev–Trinajstić information content (AvgIpc) is 2.54. The number of amides is 4. The number of hydrogen-bond acceptors (Lipinski definition) is 6. The van der Waals surface area contributed by atoms with E-state index in [9.17, 15) is 24.0 Å². The zero-order chi connectivity index (χ0) is 20.4. The molecule has 3 atom stereocenters. The molecule has 0 fully saturated rings. The molecule has 0 aliphatic heterocycles. The summed E-state index contributed by atoms with van der Waals surface area (Å²) in [5.74, 6) is -3.60. The smallest absolute Gasteiger partial charge is 0.303 e. The van der Waals surface area contributed by atoms with Gasteiger partial charge in [-0.1, -0.05) is 0 Å². The second kappa shape index (κ2) is 11.2. The number of carbonyl (C=O) groups is 5. The summed E-state index contributed by atoms with van der Waals surface area (Å²) in [4.78, 5) is 59.9. The van der Waals surface area contributed by atoms with E-state index in [1.54, 1.807) is 6.92 Å². The van der Waals surface area contributed by atoms with Crippen LogP contribution in [-0.2, 0) is 24.0 Å². The highest BCUT2D eigenvalue weighted by Crippen LogP contribution is 2.09. The summed E-state index contributed by atoms with van der Waals surface area (Å²) in [6.07, 6.45) is -0.421. The van der Waals surface area contributed by atoms with Crippen LogP contribution >= 0.6 is 0 Å². The van der Waals surface area contributed by atoms with Gasteiger partial charge in [0.2, 0.25) is 23.6 Å². The maximum absolute atomic E-state index is 12.3. The topological polar surface area (TPSA) is 159 Å². The highest BCUT2D eigenvalue weighted by Gasteiger charge is 2.33. The minimum atomic E-state index is -1.19. The summed E-state index contributed by atoms with van der Waals surface area (Å²) in [6, 6.07) is -3.06. The first kappa shape index (κ1) is 23.5. The Morgan fingerprint density at radius 1 is 1.04 bits per heavy atom. The maximum Gasteiger partial charge on any atom is 0.303 e. The molecule has 0 spiro atoms. The van der Waals surface area contributed by atoms with Crippen LogP contribution in [0.1, 0.15) is 47.0 Å². The Balaban J connectivity index is 5.14. The van der Waals surface area contributed by atoms with Crippen molar-refractivity contribution in [2.24, 2.45) is 5.73 Å². The van der Waals surface area contributed by atoms with Crippen LogP contribution in [0, 0.1) is 0 Å². The second-order valence-corrected chi connectivity index (χ2v) is 5.94. The van der Waals surface area contributed by atoms with Crippen molar-refractivity contribution >= 4 is 29.6 Å². The molecule has 0 aromatic heterocycles. The number of nitrogens with one attached hydrogen (secondary N) is 2. The first-order valence-corrected chi connectivity index (χ1v) is 8.44. The van der Waals surface area contributed by atoms with E-state index in [0.717, 1.165) is 4.90 Å². The van der Waals surface area contributed by atoms with Crippen molar-refractivity contribution in [3.63, 3.8) is 0 Å². The summed E-state index contributed by atoms with van der Waals surface area (Å²) in [5.41, 5.74) is 5.55. The molecule has 0 saturated carbocycles. The Bertz CT molecular complexity index is 549. The molecule has 0 bridgehead atoms. The fraction of sp³-hybridized carbons (Fsp3) is 0.688. The number of hydrogen-bond donors (Lipinski definition) is 4. The van der Waals surface area contributed by atoms with Gasteiger partial charge in [-0.3, -0.25) is 28.9 Å². The third-order valence-corrected chi connectivity index (χ3v) is 3.55. The van der Waals surface area contributed by atoms with Gasteiger partial charge in [0.25, 0.3) is 0 Å². The molecule has 0 radical (unpaired) electrons. The summed E-state index contributed by atoms with van der Waals surface area (Å²) < 4.78 is 0. The molecule has 4 amide bonds. The fourth-order valence-electron chi connectivity index (χ4n) is 2.10. The fourth-order valence-corrected chi connectivity index (χ4v) is 2.10. The van der Waals surface area contributed by atoms with E-state index in [1.165, 1.54) is 20.8 Å². The number of carboxylic acids is 1. The molecule has 0 saturated heterocycles. The van der Waals surface area contributed by atoms with Crippen molar-refractivity contribution < 1.29 is 29.1 Å². The predicted octanol–water partition coefficient (Wildman–Crippen LogP) is -1.03. The first-order chi connectivity index (χ1) is 12.0. The van der Waals surface area contributed by atoms with Crippen LogP contribution in [0.3, 0.4) is 0 Å². The van der Waals surface area contributed by atoms with E-state index >= 15 is 0 Å². The molecular weight excluding hydrogens is 344 g/mol. The first-order valence-electron chi connectivity index (χ1n) is 8.44. The van der Waals surface area contributed by atoms with Crippen LogP contribution in [0.4, 0.5) is 0 Å². The van der Waals surface area contributed by atoms with Gasteiger partial charge < -0.3 is 21.5 Å². The summed E-state index contributed by atoms with van der Waals surface area (Å²) in [6.45, 7) is 6.32. The van der Waals surface area contributed by atoms with Crippen LogP contribution < -0.4 is 16.4 Å². The minimum absolute atomic E-state index is 0.0283. The highest BCUT2D eigenvalue weighted by atomic mass is 16.4. The molecule has 0 aliphatic rings. The lowest BCUT2D eigenvalue weighted by Gasteiger charge is -2.29. The Labute approximate surface area is 152 Å². The van der Waals surface area contributed by atoms with Gasteiger partial charge in [-0.25, -0.2) is 0 Å². The van der Waals surface area contributed by atoms with Crippen molar-refractivity contribution in [1.82, 2.24) is 15.5 Å². The quantitative estimate of drug-likeness (QED) is 0.381. The zero-order valence-corrected chi connectivity index (χ0v) is 15.6. The second-order valence-electron chi connectivity index (χ2n) is 5.94. The van der Waals surface area contributed by atoms with Crippen molar-refractivity contribution in [2.45, 2.75) is 65.1 Å². The number of imide groups is 1. The van der Waals surface area contributed by atoms with E-state index in [2.05, 4.69) is 10.6 Å². The van der Waals surface area contributed by atoms with Gasteiger partial charge >= 0.3 is 5.97 Å². The van der Waals surface area contributed by atoms with Crippen molar-refractivity contribution in [3.05, 3.63) is 0 Å². The van der Waals surface area contributed by atoms with Crippen molar-refractivity contribution in [3.8, 4) is 0 Å². The molecule has 0 heterocycles. The predicted molar refractivity (Wildman–Crippen MR) is 92.7 cm³/mol. The van der Waals surface area contributed by atoms with Crippen LogP contribution in [-0.4, -0.2) is 64.3 Å². The zero-order valence-electron chi connectivity index (χ0n) is 15.6. The number of likely N-dealkylation sites (N-methyl/N-ethyl adjacent to an activating group) is 1. The number of aliphatic carboxylic acids is 1. The molecule has 5 N–H and O–H groups in total. The number of nitrogens with zero attached hydrogens (tertiary/aromatic N) is 1. The molecule has 26 heavy (non-hydrogen) atoms. The lowest BCUT2D eigenvalue weighted by Crippen LogP contribution is -2.57. The van der Waals surface area contributed by atoms with Gasteiger partial charge in [0, 0.05) is 19.4 Å². The molecule has 10 nitrogen and oxygen atoms in total. The minimum Gasteiger partial charge on any atom is -0.481 e. The highest BCUT2D eigenvalue weighted by molar-refractivity contribution is 6.02. The van der Waals surface area contributed by atoms with Crippen LogP contribution in [0.25, 0.3) is 0 Å². The monoisotopic (exact) mass is 372 g/mol. The molecule has 0 unspecified atom stereocenters. The molecular formula is C16H28N4O6. The van der Waals surface area contributed by atoms with Gasteiger partial charge in [0.15, 0.2) is 0 Å². The average molecular weight is 372 g/mol. The number of carbonyl (C=O) groups excluding carboxylic acids is 4. The van der Waals surface area contributed by atoms with E-state index < -0.39 is 47.7 Å². The largest absolute Gasteiger partial charge is 0.481 e. The Kier molecular flexibility index (Phi) is 10.1. The number of rotatable bonds is 10.